The molecule has 0 spiro atoms. The summed E-state index contributed by atoms with van der Waals surface area (Å²) < 4.78 is 12.1. The minimum Gasteiger partial charge on any atom is -0.493 e. The van der Waals surface area contributed by atoms with E-state index in [0.717, 1.165) is 17.0 Å². The third kappa shape index (κ3) is 4.13. The molecule has 0 saturated heterocycles. The van der Waals surface area contributed by atoms with Crippen molar-refractivity contribution in [3.8, 4) is 11.5 Å². The van der Waals surface area contributed by atoms with E-state index in [9.17, 15) is 4.79 Å². The van der Waals surface area contributed by atoms with E-state index in [1.54, 1.807) is 25.0 Å². The highest BCUT2D eigenvalue weighted by Crippen LogP contribution is 2.27. The third-order valence-electron chi connectivity index (χ3n) is 3.55. The molecule has 0 unspecified atom stereocenters. The number of rotatable bonds is 6. The lowest BCUT2D eigenvalue weighted by molar-refractivity contribution is -0.121. The number of hydrogen-bond donors (Lipinski definition) is 1. The largest absolute Gasteiger partial charge is 0.493 e. The topological polar surface area (TPSA) is 77.7 Å². The second kappa shape index (κ2) is 7.63. The van der Waals surface area contributed by atoms with Crippen molar-refractivity contribution in [2.24, 2.45) is 5.10 Å². The van der Waals surface area contributed by atoms with E-state index in [1.165, 1.54) is 0 Å². The monoisotopic (exact) mass is 330 g/mol. The summed E-state index contributed by atoms with van der Waals surface area (Å²) in [4.78, 5) is 12.0. The quantitative estimate of drug-likeness (QED) is 0.649. The van der Waals surface area contributed by atoms with Crippen LogP contribution in [0.2, 0.25) is 0 Å². The van der Waals surface area contributed by atoms with Gasteiger partial charge in [-0.1, -0.05) is 0 Å². The molecule has 0 aliphatic heterocycles. The molecule has 0 radical (unpaired) electrons. The molecule has 0 bridgehead atoms. The summed E-state index contributed by atoms with van der Waals surface area (Å²) in [5, 5.41) is 8.39. The van der Waals surface area contributed by atoms with E-state index in [-0.39, 0.29) is 12.5 Å². The molecule has 0 saturated carbocycles. The maximum absolute atomic E-state index is 12.0. The number of nitrogens with one attached hydrogen (secondary N) is 1. The number of benzene rings is 1. The van der Waals surface area contributed by atoms with E-state index in [4.69, 9.17) is 9.47 Å². The van der Waals surface area contributed by atoms with E-state index >= 15 is 0 Å². The summed E-state index contributed by atoms with van der Waals surface area (Å²) in [6.07, 6.45) is 0. The molecule has 7 heteroatoms. The zero-order valence-corrected chi connectivity index (χ0v) is 14.6. The molecule has 0 fully saturated rings. The van der Waals surface area contributed by atoms with Gasteiger partial charge in [0.1, 0.15) is 6.54 Å². The zero-order valence-electron chi connectivity index (χ0n) is 14.6. The second-order valence-electron chi connectivity index (χ2n) is 5.39. The third-order valence-corrected chi connectivity index (χ3v) is 3.55. The van der Waals surface area contributed by atoms with Gasteiger partial charge in [-0.15, -0.1) is 0 Å². The Hall–Kier alpha value is -2.83. The summed E-state index contributed by atoms with van der Waals surface area (Å²) in [7, 11) is 3.15. The Bertz CT molecular complexity index is 765. The lowest BCUT2D eigenvalue weighted by atomic mass is 10.1. The number of hydrazone groups is 1. The molecule has 7 nitrogen and oxygen atoms in total. The first kappa shape index (κ1) is 17.5. The van der Waals surface area contributed by atoms with Gasteiger partial charge in [0.25, 0.3) is 5.91 Å². The molecule has 1 aromatic heterocycles. The number of carbonyl (C=O) groups excluding carboxylic acids is 1. The van der Waals surface area contributed by atoms with E-state index < -0.39 is 0 Å². The molecular weight excluding hydrogens is 308 g/mol. The Labute approximate surface area is 141 Å². The van der Waals surface area contributed by atoms with Gasteiger partial charge >= 0.3 is 0 Å². The minimum atomic E-state index is -0.235. The first-order valence-corrected chi connectivity index (χ1v) is 7.51. The van der Waals surface area contributed by atoms with E-state index in [1.807, 2.05) is 39.0 Å². The molecule has 0 aliphatic rings. The highest BCUT2D eigenvalue weighted by molar-refractivity contribution is 5.99. The standard InChI is InChI=1S/C17H22N4O3/c1-11-8-12(2)21(20-11)10-17(22)19-18-13(3)14-6-7-15(23-4)16(9-14)24-5/h6-9H,10H2,1-5H3,(H,19,22)/b18-13-. The molecule has 0 aliphatic carbocycles. The molecule has 1 amide bonds. The van der Waals surface area contributed by atoms with Crippen molar-refractivity contribution in [3.05, 3.63) is 41.2 Å². The van der Waals surface area contributed by atoms with Gasteiger partial charge in [-0.25, -0.2) is 5.43 Å². The predicted molar refractivity (Wildman–Crippen MR) is 91.6 cm³/mol. The van der Waals surface area contributed by atoms with Crippen LogP contribution in [0.25, 0.3) is 0 Å². The molecule has 2 rings (SSSR count). The fraction of sp³-hybridized carbons (Fsp3) is 0.353. The van der Waals surface area contributed by atoms with Gasteiger partial charge in [0.05, 0.1) is 25.6 Å². The molecule has 2 aromatic rings. The van der Waals surface area contributed by atoms with Crippen molar-refractivity contribution in [1.29, 1.82) is 0 Å². The van der Waals surface area contributed by atoms with Crippen molar-refractivity contribution in [1.82, 2.24) is 15.2 Å². The second-order valence-corrected chi connectivity index (χ2v) is 5.39. The maximum atomic E-state index is 12.0. The first-order valence-electron chi connectivity index (χ1n) is 7.51. The number of amides is 1. The molecule has 1 aromatic carbocycles. The van der Waals surface area contributed by atoms with Gasteiger partial charge in [-0.3, -0.25) is 9.48 Å². The van der Waals surface area contributed by atoms with Crippen molar-refractivity contribution in [2.45, 2.75) is 27.3 Å². The molecule has 1 heterocycles. The highest BCUT2D eigenvalue weighted by atomic mass is 16.5. The van der Waals surface area contributed by atoms with Gasteiger partial charge in [-0.2, -0.15) is 10.2 Å². The summed E-state index contributed by atoms with van der Waals surface area (Å²) in [6.45, 7) is 5.74. The molecule has 128 valence electrons. The molecular formula is C17H22N4O3. The van der Waals surface area contributed by atoms with Crippen molar-refractivity contribution < 1.29 is 14.3 Å². The summed E-state index contributed by atoms with van der Waals surface area (Å²) in [6, 6.07) is 7.38. The Balaban J connectivity index is 2.05. The number of methoxy groups -OCH3 is 2. The zero-order chi connectivity index (χ0) is 17.7. The average Bonchev–Trinajstić information content (AvgIpc) is 2.89. The van der Waals surface area contributed by atoms with Gasteiger partial charge in [0.15, 0.2) is 11.5 Å². The van der Waals surface area contributed by atoms with Crippen LogP contribution < -0.4 is 14.9 Å². The average molecular weight is 330 g/mol. The molecule has 0 atom stereocenters. The highest BCUT2D eigenvalue weighted by Gasteiger charge is 2.09. The van der Waals surface area contributed by atoms with Crippen LogP contribution in [0, 0.1) is 13.8 Å². The maximum Gasteiger partial charge on any atom is 0.261 e. The Morgan fingerprint density at radius 2 is 1.92 bits per heavy atom. The van der Waals surface area contributed by atoms with Crippen LogP contribution in [-0.4, -0.2) is 35.6 Å². The van der Waals surface area contributed by atoms with Crippen molar-refractivity contribution in [3.63, 3.8) is 0 Å². The summed E-state index contributed by atoms with van der Waals surface area (Å²) in [5.41, 5.74) is 5.86. The number of ether oxygens (including phenoxy) is 2. The van der Waals surface area contributed by atoms with Crippen molar-refractivity contribution >= 4 is 11.6 Å². The van der Waals surface area contributed by atoms with Crippen molar-refractivity contribution in [2.75, 3.05) is 14.2 Å². The van der Waals surface area contributed by atoms with E-state index in [2.05, 4.69) is 15.6 Å². The van der Waals surface area contributed by atoms with Gasteiger partial charge < -0.3 is 9.47 Å². The Morgan fingerprint density at radius 3 is 2.50 bits per heavy atom. The summed E-state index contributed by atoms with van der Waals surface area (Å²) in [5.74, 6) is 1.02. The van der Waals surface area contributed by atoms with Gasteiger partial charge in [0.2, 0.25) is 0 Å². The summed E-state index contributed by atoms with van der Waals surface area (Å²) >= 11 is 0. The van der Waals surface area contributed by atoms with Crippen LogP contribution in [0.3, 0.4) is 0 Å². The smallest absolute Gasteiger partial charge is 0.261 e. The number of aryl methyl sites for hydroxylation is 2. The SMILES string of the molecule is COc1ccc(/C(C)=N\NC(=O)Cn2nc(C)cc2C)cc1OC. The van der Waals surface area contributed by atoms with Crippen LogP contribution in [0.1, 0.15) is 23.9 Å². The molecule has 24 heavy (non-hydrogen) atoms. The minimum absolute atomic E-state index is 0.127. The first-order chi connectivity index (χ1) is 11.4. The number of carbonyl (C=O) groups is 1. The predicted octanol–water partition coefficient (Wildman–Crippen LogP) is 2.06. The van der Waals surface area contributed by atoms with Gasteiger partial charge in [0, 0.05) is 11.3 Å². The fourth-order valence-corrected chi connectivity index (χ4v) is 2.28. The lowest BCUT2D eigenvalue weighted by Crippen LogP contribution is -2.25. The van der Waals surface area contributed by atoms with Crippen LogP contribution in [0.15, 0.2) is 29.4 Å². The van der Waals surface area contributed by atoms with Crippen LogP contribution >= 0.6 is 0 Å². The van der Waals surface area contributed by atoms with E-state index in [0.29, 0.717) is 17.2 Å². The number of nitrogens with zero attached hydrogens (tertiary/aromatic N) is 3. The van der Waals surface area contributed by atoms with Crippen LogP contribution in [-0.2, 0) is 11.3 Å². The fourth-order valence-electron chi connectivity index (χ4n) is 2.28. The lowest BCUT2D eigenvalue weighted by Gasteiger charge is -2.09. The van der Waals surface area contributed by atoms with Gasteiger partial charge in [-0.05, 0) is 45.0 Å². The molecule has 1 N–H and O–H groups in total. The van der Waals surface area contributed by atoms with Crippen LogP contribution in [0.4, 0.5) is 0 Å². The number of aromatic nitrogens is 2. The normalized spacial score (nSPS) is 11.3. The van der Waals surface area contributed by atoms with Crippen LogP contribution in [0.5, 0.6) is 11.5 Å². The Morgan fingerprint density at radius 1 is 1.21 bits per heavy atom. The number of hydrogen-bond acceptors (Lipinski definition) is 5. The Kier molecular flexibility index (Phi) is 5.57.